The van der Waals surface area contributed by atoms with Crippen LogP contribution in [0.3, 0.4) is 0 Å². The third-order valence-corrected chi connectivity index (χ3v) is 4.86. The van der Waals surface area contributed by atoms with Crippen LogP contribution < -0.4 is 5.73 Å². The van der Waals surface area contributed by atoms with Crippen molar-refractivity contribution in [3.8, 4) is 0 Å². The molecule has 8 heteroatoms. The van der Waals surface area contributed by atoms with Gasteiger partial charge in [-0.1, -0.05) is 16.7 Å². The zero-order valence-corrected chi connectivity index (χ0v) is 12.7. The fourth-order valence-corrected chi connectivity index (χ4v) is 3.63. The predicted molar refractivity (Wildman–Crippen MR) is 79.2 cm³/mol. The lowest BCUT2D eigenvalue weighted by Crippen LogP contribution is -2.36. The van der Waals surface area contributed by atoms with E-state index >= 15 is 0 Å². The molecule has 0 saturated carbocycles. The molecule has 2 aromatic heterocycles. The van der Waals surface area contributed by atoms with E-state index in [0.717, 1.165) is 18.8 Å². The number of pyridine rings is 1. The Morgan fingerprint density at radius 1 is 1.45 bits per heavy atom. The van der Waals surface area contributed by atoms with Crippen LogP contribution in [0.2, 0.25) is 5.02 Å². The van der Waals surface area contributed by atoms with E-state index in [4.69, 9.17) is 26.5 Å². The van der Waals surface area contributed by atoms with Gasteiger partial charge in [-0.25, -0.2) is 0 Å². The Hall–Kier alpha value is -1.70. The fourth-order valence-electron chi connectivity index (χ4n) is 3.44. The van der Waals surface area contributed by atoms with Crippen molar-refractivity contribution in [2.75, 3.05) is 32.0 Å². The summed E-state index contributed by atoms with van der Waals surface area (Å²) in [6.45, 7) is 3.61. The van der Waals surface area contributed by atoms with Crippen molar-refractivity contribution in [3.05, 3.63) is 34.9 Å². The summed E-state index contributed by atoms with van der Waals surface area (Å²) in [5.74, 6) is 0.886. The molecule has 0 aliphatic carbocycles. The zero-order valence-electron chi connectivity index (χ0n) is 11.9. The van der Waals surface area contributed by atoms with Crippen molar-refractivity contribution in [2.45, 2.75) is 12.0 Å². The first-order chi connectivity index (χ1) is 10.7. The van der Waals surface area contributed by atoms with Gasteiger partial charge in [0.2, 0.25) is 5.89 Å². The Balaban J connectivity index is 1.58. The largest absolute Gasteiger partial charge is 0.408 e. The van der Waals surface area contributed by atoms with Crippen molar-refractivity contribution in [3.63, 3.8) is 0 Å². The second-order valence-corrected chi connectivity index (χ2v) is 6.32. The average Bonchev–Trinajstić information content (AvgIpc) is 3.15. The molecule has 7 nitrogen and oxygen atoms in total. The smallest absolute Gasteiger partial charge is 0.312 e. The second-order valence-electron chi connectivity index (χ2n) is 5.92. The minimum absolute atomic E-state index is 0.0984. The summed E-state index contributed by atoms with van der Waals surface area (Å²) in [5, 5.41) is 8.58. The molecule has 0 unspecified atom stereocenters. The predicted octanol–water partition coefficient (Wildman–Crippen LogP) is 1.10. The number of nitrogen functional groups attached to an aromatic ring is 1. The number of fused-ring (bicyclic) bond motifs is 1. The van der Waals surface area contributed by atoms with Crippen LogP contribution in [0.15, 0.2) is 22.7 Å². The van der Waals surface area contributed by atoms with Gasteiger partial charge >= 0.3 is 6.01 Å². The lowest BCUT2D eigenvalue weighted by molar-refractivity contribution is 0.140. The molecule has 0 bridgehead atoms. The van der Waals surface area contributed by atoms with Crippen molar-refractivity contribution >= 4 is 17.6 Å². The number of halogens is 1. The van der Waals surface area contributed by atoms with Gasteiger partial charge in [-0.2, -0.15) is 0 Å². The highest BCUT2D eigenvalue weighted by molar-refractivity contribution is 6.31. The minimum Gasteiger partial charge on any atom is -0.408 e. The van der Waals surface area contributed by atoms with Gasteiger partial charge in [-0.05, 0) is 12.1 Å². The van der Waals surface area contributed by atoms with Gasteiger partial charge in [-0.15, -0.1) is 5.10 Å². The number of aromatic nitrogens is 3. The van der Waals surface area contributed by atoms with E-state index in [1.54, 1.807) is 6.20 Å². The standard InChI is InChI=1S/C14H16ClN5O2/c15-10-2-1-3-17-11(10)5-20-4-9-6-21-8-14(9,7-20)12-18-19-13(16)22-12/h1-3,9H,4-8H2,(H2,16,19)/t9-,14-/m0/s1. The van der Waals surface area contributed by atoms with E-state index in [1.807, 2.05) is 12.1 Å². The first-order valence-corrected chi connectivity index (χ1v) is 7.54. The Labute approximate surface area is 132 Å². The molecule has 2 fully saturated rings. The van der Waals surface area contributed by atoms with Crippen molar-refractivity contribution in [2.24, 2.45) is 5.92 Å². The molecule has 2 N–H and O–H groups in total. The summed E-state index contributed by atoms with van der Waals surface area (Å²) in [6, 6.07) is 3.79. The molecule has 2 saturated heterocycles. The molecule has 0 radical (unpaired) electrons. The second kappa shape index (κ2) is 5.19. The Morgan fingerprint density at radius 2 is 2.36 bits per heavy atom. The van der Waals surface area contributed by atoms with E-state index < -0.39 is 0 Å². The van der Waals surface area contributed by atoms with Crippen LogP contribution in [0.5, 0.6) is 0 Å². The lowest BCUT2D eigenvalue weighted by atomic mass is 9.81. The van der Waals surface area contributed by atoms with Crippen LogP contribution in [0.4, 0.5) is 6.01 Å². The van der Waals surface area contributed by atoms with Gasteiger partial charge in [0.15, 0.2) is 0 Å². The lowest BCUT2D eigenvalue weighted by Gasteiger charge is -2.22. The summed E-state index contributed by atoms with van der Waals surface area (Å²) in [7, 11) is 0. The normalized spacial score (nSPS) is 28.1. The average molecular weight is 322 g/mol. The number of likely N-dealkylation sites (tertiary alicyclic amines) is 1. The summed E-state index contributed by atoms with van der Waals surface area (Å²) in [4.78, 5) is 6.67. The van der Waals surface area contributed by atoms with E-state index in [1.165, 1.54) is 0 Å². The highest BCUT2D eigenvalue weighted by Crippen LogP contribution is 2.43. The molecule has 0 spiro atoms. The Morgan fingerprint density at radius 3 is 3.14 bits per heavy atom. The maximum absolute atomic E-state index is 6.21. The van der Waals surface area contributed by atoms with Crippen molar-refractivity contribution in [1.82, 2.24) is 20.1 Å². The van der Waals surface area contributed by atoms with E-state index in [9.17, 15) is 0 Å². The number of hydrogen-bond acceptors (Lipinski definition) is 7. The number of nitrogens with two attached hydrogens (primary N) is 1. The molecule has 0 aromatic carbocycles. The van der Waals surface area contributed by atoms with Gasteiger partial charge in [0, 0.05) is 31.7 Å². The van der Waals surface area contributed by atoms with Crippen LogP contribution in [-0.4, -0.2) is 46.4 Å². The van der Waals surface area contributed by atoms with Crippen LogP contribution in [-0.2, 0) is 16.7 Å². The quantitative estimate of drug-likeness (QED) is 0.905. The number of ether oxygens (including phenoxy) is 1. The van der Waals surface area contributed by atoms with Gasteiger partial charge in [0.1, 0.15) is 0 Å². The fraction of sp³-hybridized carbons (Fsp3) is 0.500. The molecule has 0 amide bonds. The molecule has 2 atom stereocenters. The Kier molecular flexibility index (Phi) is 3.28. The maximum Gasteiger partial charge on any atom is 0.312 e. The first kappa shape index (κ1) is 13.9. The number of nitrogens with zero attached hydrogens (tertiary/aromatic N) is 4. The molecular formula is C14H16ClN5O2. The van der Waals surface area contributed by atoms with Crippen molar-refractivity contribution in [1.29, 1.82) is 0 Å². The molecule has 4 rings (SSSR count). The van der Waals surface area contributed by atoms with Crippen LogP contribution in [0.25, 0.3) is 0 Å². The highest BCUT2D eigenvalue weighted by atomic mass is 35.5. The molecule has 2 aromatic rings. The summed E-state index contributed by atoms with van der Waals surface area (Å²) in [6.07, 6.45) is 1.76. The minimum atomic E-state index is -0.272. The summed E-state index contributed by atoms with van der Waals surface area (Å²) in [5.41, 5.74) is 6.19. The molecule has 22 heavy (non-hydrogen) atoms. The third kappa shape index (κ3) is 2.16. The van der Waals surface area contributed by atoms with Gasteiger partial charge in [-0.3, -0.25) is 9.88 Å². The molecule has 116 valence electrons. The monoisotopic (exact) mass is 321 g/mol. The van der Waals surface area contributed by atoms with Crippen LogP contribution in [0, 0.1) is 5.92 Å². The SMILES string of the molecule is Nc1nnc([C@@]23COC[C@@H]2CN(Cc2ncccc2Cl)C3)o1. The summed E-state index contributed by atoms with van der Waals surface area (Å²) >= 11 is 6.21. The topological polar surface area (TPSA) is 90.3 Å². The number of hydrogen-bond donors (Lipinski definition) is 1. The Bertz CT molecular complexity index is 693. The highest BCUT2D eigenvalue weighted by Gasteiger charge is 2.55. The van der Waals surface area contributed by atoms with Crippen LogP contribution >= 0.6 is 11.6 Å². The first-order valence-electron chi connectivity index (χ1n) is 7.16. The molecule has 4 heterocycles. The maximum atomic E-state index is 6.21. The third-order valence-electron chi connectivity index (χ3n) is 4.52. The van der Waals surface area contributed by atoms with E-state index in [-0.39, 0.29) is 11.4 Å². The summed E-state index contributed by atoms with van der Waals surface area (Å²) < 4.78 is 11.2. The van der Waals surface area contributed by atoms with Crippen molar-refractivity contribution < 1.29 is 9.15 Å². The molecule has 2 aliphatic rings. The van der Waals surface area contributed by atoms with Gasteiger partial charge < -0.3 is 14.9 Å². The number of anilines is 1. The van der Waals surface area contributed by atoms with E-state index in [2.05, 4.69) is 20.1 Å². The van der Waals surface area contributed by atoms with Gasteiger partial charge in [0.05, 0.1) is 29.3 Å². The van der Waals surface area contributed by atoms with E-state index in [0.29, 0.717) is 36.6 Å². The number of rotatable bonds is 3. The molecular weight excluding hydrogens is 306 g/mol. The molecule has 2 aliphatic heterocycles. The van der Waals surface area contributed by atoms with Gasteiger partial charge in [0.25, 0.3) is 0 Å². The zero-order chi connectivity index (χ0) is 15.2. The van der Waals surface area contributed by atoms with Crippen LogP contribution in [0.1, 0.15) is 11.6 Å².